The van der Waals surface area contributed by atoms with E-state index >= 15 is 0 Å². The molecule has 1 aliphatic heterocycles. The average molecular weight is 343 g/mol. The first-order valence-corrected chi connectivity index (χ1v) is 7.44. The summed E-state index contributed by atoms with van der Waals surface area (Å²) in [7, 11) is 0. The molecule has 0 bridgehead atoms. The van der Waals surface area contributed by atoms with E-state index in [-0.39, 0.29) is 22.7 Å². The molecule has 0 aliphatic carbocycles. The summed E-state index contributed by atoms with van der Waals surface area (Å²) < 4.78 is 5.73. The van der Waals surface area contributed by atoms with Gasteiger partial charge < -0.3 is 9.73 Å². The van der Waals surface area contributed by atoms with Gasteiger partial charge in [0.2, 0.25) is 0 Å². The van der Waals surface area contributed by atoms with Crippen molar-refractivity contribution in [1.82, 2.24) is 5.43 Å². The van der Waals surface area contributed by atoms with E-state index in [0.29, 0.717) is 4.67 Å². The topological polar surface area (TPSA) is 71.2 Å². The third kappa shape index (κ3) is 3.93. The second-order valence-electron chi connectivity index (χ2n) is 6.70. The van der Waals surface area contributed by atoms with Crippen molar-refractivity contribution in [3.8, 4) is 0 Å². The Morgan fingerprint density at radius 1 is 1.30 bits per heavy atom. The standard InChI is InChI=1S/C14H20BrN3O2/c1-13(2)7-9(8-14(3,4)18-13)16-17-12(19)10-5-6-11(15)20-10/h5-6,18H,7-8H2,1-4H3,(H,17,19)/p+1. The average Bonchev–Trinajstić information content (AvgIpc) is 2.68. The zero-order valence-electron chi connectivity index (χ0n) is 12.3. The quantitative estimate of drug-likeness (QED) is 0.807. The van der Waals surface area contributed by atoms with Crippen LogP contribution in [0.2, 0.25) is 0 Å². The lowest BCUT2D eigenvalue weighted by Crippen LogP contribution is -3.05. The normalized spacial score (nSPS) is 20.6. The summed E-state index contributed by atoms with van der Waals surface area (Å²) in [6.45, 7) is 8.76. The molecule has 1 aromatic heterocycles. The summed E-state index contributed by atoms with van der Waals surface area (Å²) in [5, 5.41) is 6.65. The largest absolute Gasteiger partial charge is 0.444 e. The highest BCUT2D eigenvalue weighted by atomic mass is 79.9. The monoisotopic (exact) mass is 342 g/mol. The molecule has 1 saturated heterocycles. The maximum absolute atomic E-state index is 11.9. The Hall–Kier alpha value is -1.14. The van der Waals surface area contributed by atoms with Crippen molar-refractivity contribution < 1.29 is 14.5 Å². The zero-order valence-corrected chi connectivity index (χ0v) is 13.9. The number of carbonyl (C=O) groups excluding carboxylic acids is 1. The fourth-order valence-corrected chi connectivity index (χ4v) is 3.28. The molecule has 20 heavy (non-hydrogen) atoms. The second-order valence-corrected chi connectivity index (χ2v) is 7.48. The highest BCUT2D eigenvalue weighted by Crippen LogP contribution is 2.19. The van der Waals surface area contributed by atoms with E-state index in [1.807, 2.05) is 0 Å². The van der Waals surface area contributed by atoms with E-state index in [9.17, 15) is 4.79 Å². The Labute approximate surface area is 127 Å². The highest BCUT2D eigenvalue weighted by molar-refractivity contribution is 9.10. The fraction of sp³-hybridized carbons (Fsp3) is 0.571. The van der Waals surface area contributed by atoms with Gasteiger partial charge in [0.1, 0.15) is 0 Å². The predicted octanol–water partition coefficient (Wildman–Crippen LogP) is 2.04. The van der Waals surface area contributed by atoms with Crippen molar-refractivity contribution in [2.45, 2.75) is 51.6 Å². The van der Waals surface area contributed by atoms with Crippen LogP contribution in [0, 0.1) is 0 Å². The van der Waals surface area contributed by atoms with Crippen LogP contribution in [-0.2, 0) is 0 Å². The number of carbonyl (C=O) groups is 1. The van der Waals surface area contributed by atoms with Crippen LogP contribution >= 0.6 is 15.9 Å². The summed E-state index contributed by atoms with van der Waals surface area (Å²) in [5.41, 5.74) is 3.79. The van der Waals surface area contributed by atoms with Gasteiger partial charge in [-0.2, -0.15) is 5.10 Å². The third-order valence-electron chi connectivity index (χ3n) is 3.21. The van der Waals surface area contributed by atoms with E-state index in [0.717, 1.165) is 18.6 Å². The van der Waals surface area contributed by atoms with Gasteiger partial charge in [0.05, 0.1) is 16.8 Å². The number of furan rings is 1. The Balaban J connectivity index is 2.05. The maximum Gasteiger partial charge on any atom is 0.307 e. The van der Waals surface area contributed by atoms with Crippen LogP contribution < -0.4 is 10.7 Å². The summed E-state index contributed by atoms with van der Waals surface area (Å²) in [6, 6.07) is 3.30. The van der Waals surface area contributed by atoms with Crippen LogP contribution in [-0.4, -0.2) is 22.7 Å². The van der Waals surface area contributed by atoms with Crippen LogP contribution in [0.15, 0.2) is 26.3 Å². The molecule has 0 aromatic carbocycles. The minimum absolute atomic E-state index is 0.0963. The molecule has 5 nitrogen and oxygen atoms in total. The van der Waals surface area contributed by atoms with Crippen LogP contribution in [0.5, 0.6) is 0 Å². The summed E-state index contributed by atoms with van der Waals surface area (Å²) in [6.07, 6.45) is 1.72. The molecule has 3 N–H and O–H groups in total. The molecular weight excluding hydrogens is 322 g/mol. The second kappa shape index (κ2) is 5.33. The number of hydrogen-bond donors (Lipinski definition) is 2. The molecular formula is C14H21BrN3O2+. The van der Waals surface area contributed by atoms with Crippen molar-refractivity contribution in [3.05, 3.63) is 22.6 Å². The van der Waals surface area contributed by atoms with Crippen molar-refractivity contribution in [2.24, 2.45) is 5.10 Å². The number of amides is 1. The number of rotatable bonds is 2. The van der Waals surface area contributed by atoms with Crippen LogP contribution in [0.3, 0.4) is 0 Å². The van der Waals surface area contributed by atoms with Gasteiger partial charge in [-0.3, -0.25) is 4.79 Å². The van der Waals surface area contributed by atoms with Gasteiger partial charge in [0.25, 0.3) is 0 Å². The van der Waals surface area contributed by atoms with Crippen LogP contribution in [0.4, 0.5) is 0 Å². The van der Waals surface area contributed by atoms with Gasteiger partial charge >= 0.3 is 5.91 Å². The van der Waals surface area contributed by atoms with Gasteiger partial charge in [-0.25, -0.2) is 5.43 Å². The molecule has 2 heterocycles. The third-order valence-corrected chi connectivity index (χ3v) is 3.64. The van der Waals surface area contributed by atoms with Gasteiger partial charge in [0, 0.05) is 12.8 Å². The number of piperidine rings is 1. The first-order chi connectivity index (χ1) is 9.17. The first kappa shape index (κ1) is 15.3. The van der Waals surface area contributed by atoms with E-state index in [1.54, 1.807) is 12.1 Å². The molecule has 0 saturated carbocycles. The maximum atomic E-state index is 11.9. The van der Waals surface area contributed by atoms with E-state index < -0.39 is 0 Å². The summed E-state index contributed by atoms with van der Waals surface area (Å²) in [5.74, 6) is -0.0736. The minimum atomic E-state index is -0.326. The summed E-state index contributed by atoms with van der Waals surface area (Å²) >= 11 is 3.17. The van der Waals surface area contributed by atoms with Gasteiger partial charge in [-0.15, -0.1) is 0 Å². The molecule has 1 fully saturated rings. The number of halogens is 1. The molecule has 0 unspecified atom stereocenters. The minimum Gasteiger partial charge on any atom is -0.444 e. The molecule has 2 rings (SSSR count). The molecule has 110 valence electrons. The molecule has 0 spiro atoms. The lowest BCUT2D eigenvalue weighted by molar-refractivity contribution is -0.780. The highest BCUT2D eigenvalue weighted by Gasteiger charge is 2.39. The smallest absolute Gasteiger partial charge is 0.307 e. The Morgan fingerprint density at radius 2 is 1.90 bits per heavy atom. The van der Waals surface area contributed by atoms with Crippen molar-refractivity contribution in [3.63, 3.8) is 0 Å². The van der Waals surface area contributed by atoms with Crippen LogP contribution in [0.25, 0.3) is 0 Å². The van der Waals surface area contributed by atoms with Gasteiger partial charge in [0.15, 0.2) is 10.4 Å². The number of hydrazone groups is 1. The van der Waals surface area contributed by atoms with Gasteiger partial charge in [-0.1, -0.05) is 0 Å². The number of nitrogens with one attached hydrogen (secondary N) is 1. The van der Waals surface area contributed by atoms with E-state index in [2.05, 4.69) is 59.5 Å². The SMILES string of the molecule is CC1(C)CC(=NNC(=O)c2ccc(Br)o2)CC(C)(C)[NH2+]1. The Bertz CT molecular complexity index is 528. The lowest BCUT2D eigenvalue weighted by atomic mass is 9.81. The number of nitrogens with zero attached hydrogens (tertiary/aromatic N) is 1. The number of hydrogen-bond acceptors (Lipinski definition) is 3. The first-order valence-electron chi connectivity index (χ1n) is 6.65. The summed E-state index contributed by atoms with van der Waals surface area (Å²) in [4.78, 5) is 11.9. The van der Waals surface area contributed by atoms with Crippen molar-refractivity contribution in [1.29, 1.82) is 0 Å². The Kier molecular flexibility index (Phi) is 4.07. The molecule has 1 amide bonds. The van der Waals surface area contributed by atoms with E-state index in [1.165, 1.54) is 0 Å². The van der Waals surface area contributed by atoms with Crippen molar-refractivity contribution >= 4 is 27.5 Å². The molecule has 0 radical (unpaired) electrons. The predicted molar refractivity (Wildman–Crippen MR) is 80.6 cm³/mol. The lowest BCUT2D eigenvalue weighted by Gasteiger charge is -2.39. The number of nitrogens with two attached hydrogens (primary N) is 1. The fourth-order valence-electron chi connectivity index (χ4n) is 2.97. The molecule has 1 aliphatic rings. The van der Waals surface area contributed by atoms with Gasteiger partial charge in [-0.05, 0) is 55.8 Å². The Morgan fingerprint density at radius 3 is 2.40 bits per heavy atom. The zero-order chi connectivity index (χ0) is 15.0. The molecule has 1 aromatic rings. The van der Waals surface area contributed by atoms with Crippen LogP contribution in [0.1, 0.15) is 51.1 Å². The van der Waals surface area contributed by atoms with E-state index in [4.69, 9.17) is 4.42 Å². The van der Waals surface area contributed by atoms with Crippen molar-refractivity contribution in [2.75, 3.05) is 0 Å². The molecule has 6 heteroatoms. The number of quaternary nitrogens is 1. The molecule has 0 atom stereocenters.